The minimum atomic E-state index is -1.08. The average Bonchev–Trinajstić information content (AvgIpc) is 2.84. The van der Waals surface area contributed by atoms with Gasteiger partial charge in [-0.2, -0.15) is 0 Å². The van der Waals surface area contributed by atoms with E-state index in [0.717, 1.165) is 10.6 Å². The lowest BCUT2D eigenvalue weighted by atomic mass is 9.95. The first-order valence-electron chi connectivity index (χ1n) is 10.9. The maximum absolute atomic E-state index is 12.6. The number of piperidine rings is 1. The van der Waals surface area contributed by atoms with Gasteiger partial charge in [0.2, 0.25) is 11.8 Å². The number of thioether (sulfide) groups is 1. The number of amides is 2. The Balaban J connectivity index is 1.54. The molecule has 6 nitrogen and oxygen atoms in total. The number of carboxylic acid groups (broad SMARTS) is 1. The maximum atomic E-state index is 12.6. The fraction of sp³-hybridized carbons (Fsp3) is 0.320. The van der Waals surface area contributed by atoms with Crippen LogP contribution in [0.15, 0.2) is 53.4 Å². The number of nitrogens with one attached hydrogen (secondary N) is 1. The second kappa shape index (κ2) is 12.3. The first-order chi connectivity index (χ1) is 16.3. The van der Waals surface area contributed by atoms with Gasteiger partial charge in [-0.3, -0.25) is 14.4 Å². The maximum Gasteiger partial charge on any atom is 0.325 e. The Labute approximate surface area is 213 Å². The van der Waals surface area contributed by atoms with E-state index in [1.165, 1.54) is 18.6 Å². The van der Waals surface area contributed by atoms with E-state index < -0.39 is 12.0 Å². The van der Waals surface area contributed by atoms with E-state index in [1.807, 2.05) is 30.3 Å². The van der Waals surface area contributed by atoms with Gasteiger partial charge in [-0.1, -0.05) is 59.6 Å². The molecule has 0 aliphatic carbocycles. The molecule has 0 aromatic heterocycles. The molecule has 180 valence electrons. The lowest BCUT2D eigenvalue weighted by Gasteiger charge is -2.31. The second-order valence-electron chi connectivity index (χ2n) is 8.06. The Bertz CT molecular complexity index is 1070. The molecule has 1 aliphatic rings. The van der Waals surface area contributed by atoms with E-state index in [9.17, 15) is 14.4 Å². The third-order valence-corrected chi connectivity index (χ3v) is 7.76. The highest BCUT2D eigenvalue weighted by Crippen LogP contribution is 2.37. The smallest absolute Gasteiger partial charge is 0.325 e. The molecule has 1 saturated heterocycles. The summed E-state index contributed by atoms with van der Waals surface area (Å²) in [6.07, 6.45) is 4.08. The van der Waals surface area contributed by atoms with Crippen molar-refractivity contribution in [1.29, 1.82) is 0 Å². The van der Waals surface area contributed by atoms with Crippen molar-refractivity contribution >= 4 is 58.8 Å². The van der Waals surface area contributed by atoms with Crippen LogP contribution < -0.4 is 5.32 Å². The van der Waals surface area contributed by atoms with Gasteiger partial charge in [0.15, 0.2) is 0 Å². The lowest BCUT2D eigenvalue weighted by molar-refractivity contribution is -0.142. The Kier molecular flexibility index (Phi) is 9.45. The van der Waals surface area contributed by atoms with E-state index in [2.05, 4.69) is 17.4 Å². The molecule has 2 aromatic carbocycles. The van der Waals surface area contributed by atoms with Crippen LogP contribution >= 0.6 is 35.0 Å². The third kappa shape index (κ3) is 7.01. The van der Waals surface area contributed by atoms with Gasteiger partial charge in [-0.15, -0.1) is 11.8 Å². The molecule has 0 saturated carbocycles. The number of rotatable bonds is 8. The molecule has 2 aromatic rings. The number of likely N-dealkylation sites (tertiary alicyclic amines) is 1. The van der Waals surface area contributed by atoms with Gasteiger partial charge in [0.1, 0.15) is 6.04 Å². The number of aliphatic carboxylic acids is 1. The molecule has 1 fully saturated rings. The molecule has 0 spiro atoms. The molecule has 0 radical (unpaired) electrons. The number of carbonyl (C=O) groups is 3. The lowest BCUT2D eigenvalue weighted by Crippen LogP contribution is -2.46. The van der Waals surface area contributed by atoms with E-state index >= 15 is 0 Å². The fourth-order valence-electron chi connectivity index (χ4n) is 3.54. The van der Waals surface area contributed by atoms with Crippen LogP contribution in [-0.4, -0.2) is 46.9 Å². The van der Waals surface area contributed by atoms with Gasteiger partial charge >= 0.3 is 5.97 Å². The minimum Gasteiger partial charge on any atom is -0.480 e. The molecule has 2 N–H and O–H groups in total. The van der Waals surface area contributed by atoms with Crippen LogP contribution in [0.5, 0.6) is 0 Å². The Hall–Kier alpha value is -2.48. The summed E-state index contributed by atoms with van der Waals surface area (Å²) in [4.78, 5) is 38.3. The number of hydrogen-bond acceptors (Lipinski definition) is 4. The van der Waals surface area contributed by atoms with Crippen molar-refractivity contribution in [3.05, 3.63) is 69.7 Å². The summed E-state index contributed by atoms with van der Waals surface area (Å²) >= 11 is 14.5. The largest absolute Gasteiger partial charge is 0.480 e. The molecule has 9 heteroatoms. The first-order valence-corrected chi connectivity index (χ1v) is 12.6. The number of nitrogens with zero attached hydrogens (tertiary/aromatic N) is 1. The predicted octanol–water partition coefficient (Wildman–Crippen LogP) is 5.13. The van der Waals surface area contributed by atoms with Crippen molar-refractivity contribution in [2.45, 2.75) is 36.5 Å². The average molecular weight is 521 g/mol. The third-order valence-electron chi connectivity index (χ3n) is 5.63. The zero-order chi connectivity index (χ0) is 24.7. The van der Waals surface area contributed by atoms with Crippen LogP contribution in [0.4, 0.5) is 0 Å². The summed E-state index contributed by atoms with van der Waals surface area (Å²) in [6.45, 7) is 2.27. The summed E-state index contributed by atoms with van der Waals surface area (Å²) in [7, 11) is 0. The normalized spacial score (nSPS) is 15.3. The van der Waals surface area contributed by atoms with Crippen molar-refractivity contribution in [3.8, 4) is 0 Å². The van der Waals surface area contributed by atoms with Gasteiger partial charge < -0.3 is 15.3 Å². The van der Waals surface area contributed by atoms with Gasteiger partial charge in [0, 0.05) is 35.7 Å². The molecule has 1 heterocycles. The summed E-state index contributed by atoms with van der Waals surface area (Å²) in [5, 5.41) is 12.3. The molecule has 1 atom stereocenters. The number of hydrogen-bond donors (Lipinski definition) is 2. The summed E-state index contributed by atoms with van der Waals surface area (Å²) in [5.74, 6) is -1.07. The van der Waals surface area contributed by atoms with E-state index in [4.69, 9.17) is 28.3 Å². The highest BCUT2D eigenvalue weighted by Gasteiger charge is 2.28. The van der Waals surface area contributed by atoms with E-state index in [-0.39, 0.29) is 17.7 Å². The number of halogens is 2. The van der Waals surface area contributed by atoms with E-state index in [0.29, 0.717) is 41.5 Å². The van der Waals surface area contributed by atoms with Crippen LogP contribution in [-0.2, 0) is 20.1 Å². The van der Waals surface area contributed by atoms with Gasteiger partial charge in [-0.05, 0) is 43.0 Å². The van der Waals surface area contributed by atoms with Crippen molar-refractivity contribution in [3.63, 3.8) is 0 Å². The molecule has 2 amide bonds. The molecule has 34 heavy (non-hydrogen) atoms. The number of carboxylic acids is 1. The second-order valence-corrected chi connectivity index (χ2v) is 9.83. The highest BCUT2D eigenvalue weighted by atomic mass is 35.5. The fourth-order valence-corrected chi connectivity index (χ4v) is 5.07. The van der Waals surface area contributed by atoms with Gasteiger partial charge in [0.05, 0.1) is 10.0 Å². The zero-order valence-electron chi connectivity index (χ0n) is 18.7. The van der Waals surface area contributed by atoms with Gasteiger partial charge in [0.25, 0.3) is 0 Å². The summed E-state index contributed by atoms with van der Waals surface area (Å²) < 4.78 is 0. The summed E-state index contributed by atoms with van der Waals surface area (Å²) in [6, 6.07) is 12.9. The number of benzene rings is 2. The monoisotopic (exact) mass is 520 g/mol. The number of carbonyl (C=O) groups excluding carboxylic acids is 2. The predicted molar refractivity (Wildman–Crippen MR) is 136 cm³/mol. The van der Waals surface area contributed by atoms with Crippen LogP contribution in [0.3, 0.4) is 0 Å². The summed E-state index contributed by atoms with van der Waals surface area (Å²) in [5.41, 5.74) is 1.84. The molecular weight excluding hydrogens is 495 g/mol. The molecule has 0 unspecified atom stereocenters. The van der Waals surface area contributed by atoms with E-state index in [1.54, 1.807) is 22.7 Å². The van der Waals surface area contributed by atoms with Crippen LogP contribution in [0.1, 0.15) is 30.9 Å². The Morgan fingerprint density at radius 1 is 1.12 bits per heavy atom. The minimum absolute atomic E-state index is 0.174. The van der Waals surface area contributed by atoms with Crippen molar-refractivity contribution in [2.24, 2.45) is 5.92 Å². The van der Waals surface area contributed by atoms with Crippen molar-refractivity contribution in [1.82, 2.24) is 10.2 Å². The van der Waals surface area contributed by atoms with Crippen molar-refractivity contribution in [2.75, 3.05) is 13.1 Å². The quantitative estimate of drug-likeness (QED) is 0.372. The molecule has 3 rings (SSSR count). The van der Waals surface area contributed by atoms with Crippen LogP contribution in [0.25, 0.3) is 6.08 Å². The Morgan fingerprint density at radius 3 is 2.44 bits per heavy atom. The van der Waals surface area contributed by atoms with Crippen molar-refractivity contribution < 1.29 is 19.5 Å². The molecule has 0 bridgehead atoms. The SMILES string of the molecule is C[C@H](NC(=O)C1CCN(C(=O)/C=C/c2ccc(SCc3ccccc3)c(Cl)c2Cl)CC1)C(=O)O. The van der Waals surface area contributed by atoms with Gasteiger partial charge in [-0.25, -0.2) is 0 Å². The van der Waals surface area contributed by atoms with Crippen LogP contribution in [0, 0.1) is 5.92 Å². The standard InChI is InChI=1S/C25H26Cl2N2O4S/c1-16(25(32)33)28-24(31)19-11-13-29(14-12-19)21(30)10-8-18-7-9-20(23(27)22(18)26)34-15-17-5-3-2-4-6-17/h2-10,16,19H,11-15H2,1H3,(H,28,31)(H,32,33)/b10-8+/t16-/m0/s1. The molecular formula is C25H26Cl2N2O4S. The van der Waals surface area contributed by atoms with Crippen LogP contribution in [0.2, 0.25) is 10.0 Å². The zero-order valence-corrected chi connectivity index (χ0v) is 21.0. The topological polar surface area (TPSA) is 86.7 Å². The molecule has 1 aliphatic heterocycles. The Morgan fingerprint density at radius 2 is 1.79 bits per heavy atom. The highest BCUT2D eigenvalue weighted by molar-refractivity contribution is 7.98. The first kappa shape index (κ1) is 26.1.